The van der Waals surface area contributed by atoms with E-state index in [4.69, 9.17) is 9.84 Å². The maximum atomic E-state index is 5.71. The molecule has 1 aliphatic rings. The maximum absolute atomic E-state index is 5.71. The highest BCUT2D eigenvalue weighted by Crippen LogP contribution is 2.35. The van der Waals surface area contributed by atoms with E-state index in [1.807, 2.05) is 11.7 Å². The van der Waals surface area contributed by atoms with Crippen LogP contribution < -0.4 is 10.1 Å². The molecule has 0 atom stereocenters. The minimum absolute atomic E-state index is 0.454. The van der Waals surface area contributed by atoms with Crippen molar-refractivity contribution < 1.29 is 4.74 Å². The van der Waals surface area contributed by atoms with Gasteiger partial charge in [-0.1, -0.05) is 0 Å². The van der Waals surface area contributed by atoms with E-state index in [2.05, 4.69) is 58.7 Å². The molecule has 5 rings (SSSR count). The Morgan fingerprint density at radius 1 is 0.964 bits per heavy atom. The molecule has 1 saturated heterocycles. The van der Waals surface area contributed by atoms with Crippen LogP contribution in [0.15, 0.2) is 36.7 Å². The fourth-order valence-electron chi connectivity index (χ4n) is 4.30. The maximum Gasteiger partial charge on any atom is 0.147 e. The van der Waals surface area contributed by atoms with Gasteiger partial charge in [-0.3, -0.25) is 9.36 Å². The molecule has 2 aromatic carbocycles. The molecule has 0 amide bonds. The van der Waals surface area contributed by atoms with Crippen LogP contribution in [-0.4, -0.2) is 39.8 Å². The van der Waals surface area contributed by atoms with Crippen LogP contribution in [0.25, 0.3) is 32.9 Å². The van der Waals surface area contributed by atoms with Gasteiger partial charge in [0.05, 0.1) is 18.7 Å². The first kappa shape index (κ1) is 17.3. The van der Waals surface area contributed by atoms with Gasteiger partial charge in [-0.2, -0.15) is 10.2 Å². The van der Waals surface area contributed by atoms with Crippen LogP contribution in [0.5, 0.6) is 5.75 Å². The van der Waals surface area contributed by atoms with Crippen LogP contribution in [-0.2, 0) is 7.05 Å². The normalized spacial score (nSPS) is 15.5. The number of aryl methyl sites for hydroxylation is 2. The number of ether oxygens (including phenoxy) is 1. The van der Waals surface area contributed by atoms with Crippen molar-refractivity contribution in [1.82, 2.24) is 24.9 Å². The molecule has 1 aliphatic heterocycles. The summed E-state index contributed by atoms with van der Waals surface area (Å²) in [6.45, 7) is 4.21. The number of fused-ring (bicyclic) bond motifs is 2. The first-order valence-electron chi connectivity index (χ1n) is 9.84. The summed E-state index contributed by atoms with van der Waals surface area (Å²) in [6, 6.07) is 9.18. The van der Waals surface area contributed by atoms with Crippen LogP contribution in [0.1, 0.15) is 24.4 Å². The first-order valence-corrected chi connectivity index (χ1v) is 9.84. The molecule has 0 aliphatic carbocycles. The number of benzene rings is 2. The van der Waals surface area contributed by atoms with E-state index in [9.17, 15) is 0 Å². The molecule has 1 N–H and O–H groups in total. The average Bonchev–Trinajstić information content (AvgIpc) is 3.31. The number of nitrogens with one attached hydrogen (secondary N) is 1. The molecule has 6 nitrogen and oxygen atoms in total. The van der Waals surface area contributed by atoms with Crippen LogP contribution >= 0.6 is 0 Å². The third kappa shape index (κ3) is 2.85. The fourth-order valence-corrected chi connectivity index (χ4v) is 4.30. The minimum atomic E-state index is 0.454. The summed E-state index contributed by atoms with van der Waals surface area (Å²) in [5.74, 6) is 0.823. The van der Waals surface area contributed by atoms with Gasteiger partial charge in [0.1, 0.15) is 11.3 Å². The third-order valence-electron chi connectivity index (χ3n) is 5.74. The molecule has 144 valence electrons. The lowest BCUT2D eigenvalue weighted by molar-refractivity contribution is 0.344. The predicted molar refractivity (Wildman–Crippen MR) is 112 cm³/mol. The van der Waals surface area contributed by atoms with E-state index in [0.717, 1.165) is 59.0 Å². The molecule has 28 heavy (non-hydrogen) atoms. The van der Waals surface area contributed by atoms with Crippen molar-refractivity contribution >= 4 is 21.8 Å². The Balaban J connectivity index is 1.63. The zero-order chi connectivity index (χ0) is 19.3. The highest BCUT2D eigenvalue weighted by atomic mass is 16.5. The quantitative estimate of drug-likeness (QED) is 0.591. The summed E-state index contributed by atoms with van der Waals surface area (Å²) in [5.41, 5.74) is 5.48. The number of nitrogens with zero attached hydrogens (tertiary/aromatic N) is 4. The highest BCUT2D eigenvalue weighted by Gasteiger charge is 2.18. The van der Waals surface area contributed by atoms with Crippen molar-refractivity contribution in [3.63, 3.8) is 0 Å². The van der Waals surface area contributed by atoms with E-state index >= 15 is 0 Å². The Morgan fingerprint density at radius 2 is 1.68 bits per heavy atom. The van der Waals surface area contributed by atoms with Gasteiger partial charge in [-0.05, 0) is 73.8 Å². The molecule has 4 aromatic rings. The lowest BCUT2D eigenvalue weighted by Gasteiger charge is -2.22. The smallest absolute Gasteiger partial charge is 0.147 e. The van der Waals surface area contributed by atoms with Crippen LogP contribution in [0.2, 0.25) is 0 Å². The zero-order valence-corrected chi connectivity index (χ0v) is 16.6. The van der Waals surface area contributed by atoms with E-state index < -0.39 is 0 Å². The molecule has 6 heteroatoms. The molecule has 0 spiro atoms. The van der Waals surface area contributed by atoms with Crippen LogP contribution in [0, 0.1) is 6.92 Å². The summed E-state index contributed by atoms with van der Waals surface area (Å²) in [5, 5.41) is 15.1. The monoisotopic (exact) mass is 375 g/mol. The standard InChI is InChI=1S/C22H25N5O/c1-14-8-15(9-17-12-26(2)24-21(14)17)16-10-18-13-27(19-4-6-23-7-5-19)25-22(18)20(11-16)28-3/h8-13,19,23H,4-7H2,1-3H3. The topological polar surface area (TPSA) is 56.9 Å². The lowest BCUT2D eigenvalue weighted by atomic mass is 9.99. The van der Waals surface area contributed by atoms with Gasteiger partial charge >= 0.3 is 0 Å². The summed E-state index contributed by atoms with van der Waals surface area (Å²) >= 11 is 0. The van der Waals surface area contributed by atoms with Crippen molar-refractivity contribution in [3.8, 4) is 16.9 Å². The van der Waals surface area contributed by atoms with Crippen molar-refractivity contribution in [3.05, 3.63) is 42.2 Å². The second-order valence-electron chi connectivity index (χ2n) is 7.74. The molecule has 2 aromatic heterocycles. The van der Waals surface area contributed by atoms with Crippen LogP contribution in [0.3, 0.4) is 0 Å². The Bertz CT molecular complexity index is 1170. The van der Waals surface area contributed by atoms with E-state index in [1.165, 1.54) is 11.1 Å². The van der Waals surface area contributed by atoms with Gasteiger partial charge < -0.3 is 10.1 Å². The Morgan fingerprint density at radius 3 is 2.43 bits per heavy atom. The number of piperidine rings is 1. The molecular weight excluding hydrogens is 350 g/mol. The molecule has 3 heterocycles. The zero-order valence-electron chi connectivity index (χ0n) is 16.6. The third-order valence-corrected chi connectivity index (χ3v) is 5.74. The Hall–Kier alpha value is -2.86. The van der Waals surface area contributed by atoms with Crippen LogP contribution in [0.4, 0.5) is 0 Å². The van der Waals surface area contributed by atoms with E-state index in [0.29, 0.717) is 6.04 Å². The van der Waals surface area contributed by atoms with E-state index in [-0.39, 0.29) is 0 Å². The SMILES string of the molecule is COc1cc(-c2cc(C)c3nn(C)cc3c2)cc2cn(C3CCNCC3)nc12. The number of aromatic nitrogens is 4. The van der Waals surface area contributed by atoms with Gasteiger partial charge in [0.25, 0.3) is 0 Å². The van der Waals surface area contributed by atoms with Crippen molar-refractivity contribution in [2.24, 2.45) is 7.05 Å². The molecule has 0 saturated carbocycles. The molecule has 0 bridgehead atoms. The second-order valence-corrected chi connectivity index (χ2v) is 7.74. The summed E-state index contributed by atoms with van der Waals surface area (Å²) in [4.78, 5) is 0. The van der Waals surface area contributed by atoms with Crippen molar-refractivity contribution in [1.29, 1.82) is 0 Å². The predicted octanol–water partition coefficient (Wildman–Crippen LogP) is 3.83. The first-order chi connectivity index (χ1) is 13.6. The number of rotatable bonds is 3. The summed E-state index contributed by atoms with van der Waals surface area (Å²) in [6.07, 6.45) is 6.46. The van der Waals surface area contributed by atoms with Gasteiger partial charge in [0, 0.05) is 30.2 Å². The fraction of sp³-hybridized carbons (Fsp3) is 0.364. The van der Waals surface area contributed by atoms with E-state index in [1.54, 1.807) is 7.11 Å². The second kappa shape index (κ2) is 6.63. The van der Waals surface area contributed by atoms with Crippen molar-refractivity contribution in [2.45, 2.75) is 25.8 Å². The van der Waals surface area contributed by atoms with Gasteiger partial charge in [0.2, 0.25) is 0 Å². The Labute approximate surface area is 164 Å². The minimum Gasteiger partial charge on any atom is -0.494 e. The molecule has 1 fully saturated rings. The molecule has 0 radical (unpaired) electrons. The summed E-state index contributed by atoms with van der Waals surface area (Å²) in [7, 11) is 3.68. The van der Waals surface area contributed by atoms with Crippen molar-refractivity contribution in [2.75, 3.05) is 20.2 Å². The Kier molecular flexibility index (Phi) is 4.09. The average molecular weight is 375 g/mol. The summed E-state index contributed by atoms with van der Waals surface area (Å²) < 4.78 is 9.71. The largest absolute Gasteiger partial charge is 0.494 e. The number of methoxy groups -OCH3 is 1. The lowest BCUT2D eigenvalue weighted by Crippen LogP contribution is -2.29. The molecular formula is C22H25N5O. The number of hydrogen-bond donors (Lipinski definition) is 1. The van der Waals surface area contributed by atoms with Gasteiger partial charge in [-0.15, -0.1) is 0 Å². The van der Waals surface area contributed by atoms with Gasteiger partial charge in [0.15, 0.2) is 0 Å². The number of hydrogen-bond acceptors (Lipinski definition) is 4. The van der Waals surface area contributed by atoms with Gasteiger partial charge in [-0.25, -0.2) is 0 Å². The molecule has 0 unspecified atom stereocenters. The highest BCUT2D eigenvalue weighted by molar-refractivity contribution is 5.92.